The number of rotatable bonds is 9. The van der Waals surface area contributed by atoms with Crippen LogP contribution in [0, 0.1) is 5.41 Å². The van der Waals surface area contributed by atoms with Gasteiger partial charge in [-0.05, 0) is 72.7 Å². The van der Waals surface area contributed by atoms with Crippen LogP contribution in [0.1, 0.15) is 66.8 Å². The first-order valence-electron chi connectivity index (χ1n) is 11.8. The Labute approximate surface area is 209 Å². The van der Waals surface area contributed by atoms with E-state index < -0.39 is 0 Å². The molecule has 7 nitrogen and oxygen atoms in total. The maximum Gasteiger partial charge on any atom is 0.494 e. The minimum Gasteiger partial charge on any atom is -0.399 e. The highest BCUT2D eigenvalue weighted by atomic mass is 16.7. The lowest BCUT2D eigenvalue weighted by molar-refractivity contribution is 0.00578. The Morgan fingerprint density at radius 3 is 2.00 bits per heavy atom. The second kappa shape index (κ2) is 12.2. The molecule has 1 saturated heterocycles. The summed E-state index contributed by atoms with van der Waals surface area (Å²) >= 11 is 0. The highest BCUT2D eigenvalue weighted by Crippen LogP contribution is 2.36. The lowest BCUT2D eigenvalue weighted by Crippen LogP contribution is -2.41. The van der Waals surface area contributed by atoms with Crippen molar-refractivity contribution >= 4 is 36.6 Å². The summed E-state index contributed by atoms with van der Waals surface area (Å²) in [5.74, 6) is 0. The Kier molecular flexibility index (Phi) is 9.95. The molecule has 2 aromatic carbocycles. The normalized spacial score (nSPS) is 15.8. The van der Waals surface area contributed by atoms with Crippen LogP contribution >= 0.6 is 0 Å². The Bertz CT molecular complexity index is 994. The van der Waals surface area contributed by atoms with Crippen LogP contribution in [0.4, 0.5) is 5.69 Å². The smallest absolute Gasteiger partial charge is 0.399 e. The van der Waals surface area contributed by atoms with E-state index >= 15 is 0 Å². The number of hydrogen-bond acceptors (Lipinski definition) is 7. The Hall–Kier alpha value is -2.81. The molecule has 0 aliphatic carbocycles. The van der Waals surface area contributed by atoms with Crippen LogP contribution in [0.2, 0.25) is 0 Å². The molecule has 1 heterocycles. The minimum absolute atomic E-state index is 0.352. The van der Waals surface area contributed by atoms with Crippen molar-refractivity contribution < 1.29 is 18.9 Å². The highest BCUT2D eigenvalue weighted by molar-refractivity contribution is 6.62. The number of hydrogen-bond donors (Lipinski definition) is 2. The zero-order valence-corrected chi connectivity index (χ0v) is 22.0. The summed E-state index contributed by atoms with van der Waals surface area (Å²) in [5, 5.41) is 11.6. The van der Waals surface area contributed by atoms with Gasteiger partial charge in [-0.25, -0.2) is 0 Å². The molecular formula is C27H38BN3O4. The van der Waals surface area contributed by atoms with E-state index in [1.54, 1.807) is 24.3 Å². The van der Waals surface area contributed by atoms with E-state index in [1.165, 1.54) is 0 Å². The van der Waals surface area contributed by atoms with Gasteiger partial charge in [-0.1, -0.05) is 36.4 Å². The van der Waals surface area contributed by atoms with Gasteiger partial charge in [0.2, 0.25) is 0 Å². The molecule has 0 radical (unpaired) electrons. The van der Waals surface area contributed by atoms with Gasteiger partial charge < -0.3 is 24.9 Å². The molecule has 3 rings (SSSR count). The maximum atomic E-state index is 10.2. The molecule has 1 fully saturated rings. The predicted octanol–water partition coefficient (Wildman–Crippen LogP) is 4.05. The van der Waals surface area contributed by atoms with Crippen molar-refractivity contribution in [1.82, 2.24) is 4.90 Å². The van der Waals surface area contributed by atoms with Crippen molar-refractivity contribution in [3.8, 4) is 0 Å². The van der Waals surface area contributed by atoms with Crippen molar-refractivity contribution in [1.29, 1.82) is 5.41 Å². The molecule has 1 aliphatic heterocycles. The zero-order chi connectivity index (χ0) is 26.2. The summed E-state index contributed by atoms with van der Waals surface area (Å²) in [6.07, 6.45) is 3.09. The third-order valence-electron chi connectivity index (χ3n) is 6.45. The average Bonchev–Trinajstić information content (AvgIpc) is 3.05. The zero-order valence-electron chi connectivity index (χ0n) is 22.0. The van der Waals surface area contributed by atoms with E-state index in [2.05, 4.69) is 52.0 Å². The highest BCUT2D eigenvalue weighted by Gasteiger charge is 2.51. The molecule has 0 aromatic heterocycles. The van der Waals surface area contributed by atoms with Crippen LogP contribution < -0.4 is 10.8 Å². The van der Waals surface area contributed by atoms with E-state index in [-0.39, 0.29) is 18.3 Å². The van der Waals surface area contributed by atoms with Crippen LogP contribution in [-0.4, -0.2) is 69.2 Å². The van der Waals surface area contributed by atoms with Crippen LogP contribution in [0.5, 0.6) is 0 Å². The summed E-state index contributed by atoms with van der Waals surface area (Å²) in [7, 11) is 5.62. The summed E-state index contributed by atoms with van der Waals surface area (Å²) in [4.78, 5) is 22.6. The number of aldehydes is 2. The van der Waals surface area contributed by atoms with Gasteiger partial charge in [0.25, 0.3) is 0 Å². The largest absolute Gasteiger partial charge is 0.494 e. The van der Waals surface area contributed by atoms with Crippen molar-refractivity contribution in [3.63, 3.8) is 0 Å². The molecule has 0 unspecified atom stereocenters. The summed E-state index contributed by atoms with van der Waals surface area (Å²) in [6, 6.07) is 12.7. The van der Waals surface area contributed by atoms with Gasteiger partial charge >= 0.3 is 7.12 Å². The van der Waals surface area contributed by atoms with Crippen molar-refractivity contribution in [3.05, 3.63) is 59.2 Å². The van der Waals surface area contributed by atoms with Crippen molar-refractivity contribution in [2.24, 2.45) is 0 Å². The number of nitrogens with zero attached hydrogens (tertiary/aromatic N) is 1. The number of nitrogens with one attached hydrogen (secondary N) is 2. The number of carbonyl (C=O) groups excluding carboxylic acids is 2. The average molecular weight is 479 g/mol. The Morgan fingerprint density at radius 1 is 1.00 bits per heavy atom. The molecule has 0 saturated carbocycles. The summed E-state index contributed by atoms with van der Waals surface area (Å²) < 4.78 is 12.3. The standard InChI is InChI=1S/C19H32BN3O2.C8H6O2/c1-18(2)19(3,4)25-20(24-18)14-10-11-15(17(13-14)22-5)16(21)9-8-12-23(6)7;9-5-7-3-1-2-4-8(7)6-10/h10-11,13,21-22H,8-9,12H2,1-7H3;1-6H. The SMILES string of the molecule is CNc1cc(B2OC(C)(C)C(C)(C)O2)ccc1C(=N)CCCN(C)C.O=Cc1ccccc1C=O. The van der Waals surface area contributed by atoms with Crippen LogP contribution in [-0.2, 0) is 9.31 Å². The number of carbonyl (C=O) groups is 2. The maximum absolute atomic E-state index is 10.2. The molecule has 0 spiro atoms. The first-order valence-corrected chi connectivity index (χ1v) is 11.8. The lowest BCUT2D eigenvalue weighted by atomic mass is 9.78. The fourth-order valence-corrected chi connectivity index (χ4v) is 3.59. The molecule has 2 aromatic rings. The fourth-order valence-electron chi connectivity index (χ4n) is 3.59. The van der Waals surface area contributed by atoms with Gasteiger partial charge in [-0.3, -0.25) is 9.59 Å². The molecule has 1 aliphatic rings. The van der Waals surface area contributed by atoms with Gasteiger partial charge in [-0.2, -0.15) is 0 Å². The van der Waals surface area contributed by atoms with Gasteiger partial charge in [0.05, 0.1) is 11.2 Å². The molecule has 2 N–H and O–H groups in total. The molecule has 0 atom stereocenters. The van der Waals surface area contributed by atoms with E-state index in [1.807, 2.05) is 25.2 Å². The third kappa shape index (κ3) is 7.34. The Morgan fingerprint density at radius 2 is 1.54 bits per heavy atom. The van der Waals surface area contributed by atoms with Gasteiger partial charge in [0, 0.05) is 35.1 Å². The molecule has 35 heavy (non-hydrogen) atoms. The molecule has 0 amide bonds. The first-order chi connectivity index (χ1) is 16.5. The predicted molar refractivity (Wildman–Crippen MR) is 144 cm³/mol. The van der Waals surface area contributed by atoms with E-state index in [0.29, 0.717) is 29.4 Å². The minimum atomic E-state index is -0.380. The number of benzene rings is 2. The quantitative estimate of drug-likeness (QED) is 0.320. The van der Waals surface area contributed by atoms with E-state index in [9.17, 15) is 9.59 Å². The van der Waals surface area contributed by atoms with Crippen molar-refractivity contribution in [2.75, 3.05) is 33.0 Å². The van der Waals surface area contributed by atoms with Crippen LogP contribution in [0.25, 0.3) is 0 Å². The Balaban J connectivity index is 0.000000360. The molecule has 0 bridgehead atoms. The third-order valence-corrected chi connectivity index (χ3v) is 6.45. The molecular weight excluding hydrogens is 441 g/mol. The van der Waals surface area contributed by atoms with E-state index in [4.69, 9.17) is 14.7 Å². The van der Waals surface area contributed by atoms with Crippen LogP contribution in [0.3, 0.4) is 0 Å². The first kappa shape index (κ1) is 28.4. The molecule has 188 valence electrons. The van der Waals surface area contributed by atoms with Gasteiger partial charge in [-0.15, -0.1) is 0 Å². The summed E-state index contributed by atoms with van der Waals surface area (Å²) in [5.41, 5.74) is 3.71. The monoisotopic (exact) mass is 479 g/mol. The van der Waals surface area contributed by atoms with Crippen molar-refractivity contribution in [2.45, 2.75) is 51.7 Å². The molecule has 8 heteroatoms. The second-order valence-corrected chi connectivity index (χ2v) is 9.89. The fraction of sp³-hybridized carbons (Fsp3) is 0.444. The van der Waals surface area contributed by atoms with Gasteiger partial charge in [0.1, 0.15) is 0 Å². The second-order valence-electron chi connectivity index (χ2n) is 9.89. The van der Waals surface area contributed by atoms with Crippen LogP contribution in [0.15, 0.2) is 42.5 Å². The lowest BCUT2D eigenvalue weighted by Gasteiger charge is -2.32. The van der Waals surface area contributed by atoms with E-state index in [0.717, 1.165) is 36.1 Å². The topological polar surface area (TPSA) is 91.7 Å². The van der Waals surface area contributed by atoms with Gasteiger partial charge in [0.15, 0.2) is 12.6 Å². The summed E-state index contributed by atoms with van der Waals surface area (Å²) in [6.45, 7) is 9.21. The number of anilines is 1.